The highest BCUT2D eigenvalue weighted by Crippen LogP contribution is 2.40. The van der Waals surface area contributed by atoms with E-state index in [4.69, 9.17) is 4.98 Å². The minimum absolute atomic E-state index is 0.196. The van der Waals surface area contributed by atoms with Crippen LogP contribution >= 0.6 is 11.3 Å². The summed E-state index contributed by atoms with van der Waals surface area (Å²) in [7, 11) is 2.13. The van der Waals surface area contributed by atoms with Gasteiger partial charge in [-0.3, -0.25) is 0 Å². The lowest BCUT2D eigenvalue weighted by Gasteiger charge is -2.27. The molecule has 0 saturated heterocycles. The number of rotatable bonds is 4. The van der Waals surface area contributed by atoms with E-state index in [0.717, 1.165) is 22.8 Å². The van der Waals surface area contributed by atoms with Crippen molar-refractivity contribution in [3.05, 3.63) is 59.3 Å². The van der Waals surface area contributed by atoms with Crippen LogP contribution in [0.1, 0.15) is 41.8 Å². The van der Waals surface area contributed by atoms with E-state index in [1.54, 1.807) is 23.7 Å². The van der Waals surface area contributed by atoms with Crippen molar-refractivity contribution < 1.29 is 0 Å². The van der Waals surface area contributed by atoms with Crippen molar-refractivity contribution in [1.29, 1.82) is 0 Å². The van der Waals surface area contributed by atoms with Gasteiger partial charge in [0.2, 0.25) is 0 Å². The van der Waals surface area contributed by atoms with Gasteiger partial charge < -0.3 is 4.90 Å². The molecule has 1 atom stereocenters. The SMILES string of the molecule is CC(c1ccc(-n2cncn2)cc1)N(C)c1ncnc2sc3c(c12)CCCC3. The predicted molar refractivity (Wildman–Crippen MR) is 112 cm³/mol. The van der Waals surface area contributed by atoms with Crippen molar-refractivity contribution in [2.75, 3.05) is 11.9 Å². The highest BCUT2D eigenvalue weighted by Gasteiger charge is 2.23. The van der Waals surface area contributed by atoms with Gasteiger partial charge in [-0.1, -0.05) is 12.1 Å². The Morgan fingerprint density at radius 3 is 2.68 bits per heavy atom. The molecule has 0 fully saturated rings. The number of anilines is 1. The molecule has 1 aromatic carbocycles. The van der Waals surface area contributed by atoms with Crippen LogP contribution in [-0.4, -0.2) is 31.8 Å². The quantitative estimate of drug-likeness (QED) is 0.518. The first-order valence-corrected chi connectivity index (χ1v) is 10.5. The molecular formula is C21H22N6S. The van der Waals surface area contributed by atoms with E-state index in [-0.39, 0.29) is 6.04 Å². The fourth-order valence-corrected chi connectivity index (χ4v) is 5.22. The Kier molecular flexibility index (Phi) is 4.31. The van der Waals surface area contributed by atoms with E-state index in [9.17, 15) is 0 Å². The summed E-state index contributed by atoms with van der Waals surface area (Å²) in [5, 5.41) is 5.45. The van der Waals surface area contributed by atoms with Crippen LogP contribution in [0.4, 0.5) is 5.82 Å². The van der Waals surface area contributed by atoms with Crippen LogP contribution in [-0.2, 0) is 12.8 Å². The lowest BCUT2D eigenvalue weighted by atomic mass is 9.96. The standard InChI is InChI=1S/C21H22N6S/c1-14(15-7-9-16(10-8-15)27-13-22-11-25-27)26(2)20-19-17-5-3-4-6-18(17)28-21(19)24-12-23-20/h7-14H,3-6H2,1-2H3. The van der Waals surface area contributed by atoms with Gasteiger partial charge in [-0.05, 0) is 55.9 Å². The first kappa shape index (κ1) is 17.3. The summed E-state index contributed by atoms with van der Waals surface area (Å²) in [5.74, 6) is 1.04. The smallest absolute Gasteiger partial charge is 0.141 e. The summed E-state index contributed by atoms with van der Waals surface area (Å²) in [6.07, 6.45) is 9.83. The number of aryl methyl sites for hydroxylation is 2. The summed E-state index contributed by atoms with van der Waals surface area (Å²) in [4.78, 5) is 18.2. The Hall–Kier alpha value is -2.80. The molecule has 0 radical (unpaired) electrons. The molecule has 7 heteroatoms. The molecule has 0 N–H and O–H groups in total. The summed E-state index contributed by atoms with van der Waals surface area (Å²) in [6, 6.07) is 8.66. The molecule has 0 saturated carbocycles. The highest BCUT2D eigenvalue weighted by atomic mass is 32.1. The lowest BCUT2D eigenvalue weighted by Crippen LogP contribution is -2.23. The zero-order valence-corrected chi connectivity index (χ0v) is 16.9. The van der Waals surface area contributed by atoms with Gasteiger partial charge in [0.1, 0.15) is 29.6 Å². The van der Waals surface area contributed by atoms with Gasteiger partial charge in [0, 0.05) is 11.9 Å². The minimum Gasteiger partial charge on any atom is -0.352 e. The number of thiophene rings is 1. The molecule has 0 amide bonds. The molecule has 0 spiro atoms. The van der Waals surface area contributed by atoms with Crippen molar-refractivity contribution in [3.8, 4) is 5.69 Å². The topological polar surface area (TPSA) is 59.7 Å². The normalized spacial score (nSPS) is 14.8. The second-order valence-electron chi connectivity index (χ2n) is 7.31. The lowest BCUT2D eigenvalue weighted by molar-refractivity contribution is 0.698. The molecule has 0 bridgehead atoms. The van der Waals surface area contributed by atoms with Gasteiger partial charge >= 0.3 is 0 Å². The van der Waals surface area contributed by atoms with Gasteiger partial charge in [0.25, 0.3) is 0 Å². The van der Waals surface area contributed by atoms with Crippen LogP contribution in [0.5, 0.6) is 0 Å². The zero-order chi connectivity index (χ0) is 19.1. The molecule has 1 aliphatic carbocycles. The maximum atomic E-state index is 4.69. The molecule has 3 aromatic heterocycles. The zero-order valence-electron chi connectivity index (χ0n) is 16.0. The fraction of sp³-hybridized carbons (Fsp3) is 0.333. The van der Waals surface area contributed by atoms with Gasteiger partial charge in [0.15, 0.2) is 0 Å². The van der Waals surface area contributed by atoms with E-state index in [1.165, 1.54) is 40.7 Å². The Labute approximate surface area is 167 Å². The second-order valence-corrected chi connectivity index (χ2v) is 8.39. The predicted octanol–water partition coefficient (Wildman–Crippen LogP) is 4.35. The maximum Gasteiger partial charge on any atom is 0.141 e. The molecule has 3 heterocycles. The number of hydrogen-bond donors (Lipinski definition) is 0. The third kappa shape index (κ3) is 2.86. The molecule has 142 valence electrons. The van der Waals surface area contributed by atoms with Crippen LogP contribution in [0, 0.1) is 0 Å². The van der Waals surface area contributed by atoms with Crippen LogP contribution in [0.15, 0.2) is 43.2 Å². The average Bonchev–Trinajstić information content (AvgIpc) is 3.40. The number of benzene rings is 1. The molecule has 5 rings (SSSR count). The van der Waals surface area contributed by atoms with Gasteiger partial charge in [0.05, 0.1) is 17.1 Å². The van der Waals surface area contributed by atoms with E-state index in [2.05, 4.69) is 58.2 Å². The number of aromatic nitrogens is 5. The highest BCUT2D eigenvalue weighted by molar-refractivity contribution is 7.19. The van der Waals surface area contributed by atoms with Crippen molar-refractivity contribution in [3.63, 3.8) is 0 Å². The number of hydrogen-bond acceptors (Lipinski definition) is 6. The maximum absolute atomic E-state index is 4.69. The minimum atomic E-state index is 0.196. The summed E-state index contributed by atoms with van der Waals surface area (Å²) in [6.45, 7) is 2.22. The van der Waals surface area contributed by atoms with Gasteiger partial charge in [-0.15, -0.1) is 11.3 Å². The molecule has 1 unspecified atom stereocenters. The van der Waals surface area contributed by atoms with Gasteiger partial charge in [-0.2, -0.15) is 5.10 Å². The fourth-order valence-electron chi connectivity index (χ4n) is 4.00. The molecule has 1 aliphatic rings. The molecule has 0 aliphatic heterocycles. The van der Waals surface area contributed by atoms with Gasteiger partial charge in [-0.25, -0.2) is 19.6 Å². The Morgan fingerprint density at radius 1 is 1.07 bits per heavy atom. The first-order valence-electron chi connectivity index (χ1n) is 9.65. The van der Waals surface area contributed by atoms with E-state index >= 15 is 0 Å². The largest absolute Gasteiger partial charge is 0.352 e. The Balaban J connectivity index is 1.49. The van der Waals surface area contributed by atoms with Crippen LogP contribution in [0.25, 0.3) is 15.9 Å². The third-order valence-electron chi connectivity index (χ3n) is 5.71. The summed E-state index contributed by atoms with van der Waals surface area (Å²) < 4.78 is 1.77. The second kappa shape index (κ2) is 6.98. The van der Waals surface area contributed by atoms with Crippen molar-refractivity contribution >= 4 is 27.4 Å². The van der Waals surface area contributed by atoms with E-state index in [0.29, 0.717) is 0 Å². The molecule has 4 aromatic rings. The molecule has 28 heavy (non-hydrogen) atoms. The Bertz CT molecular complexity index is 1100. The van der Waals surface area contributed by atoms with Crippen molar-refractivity contribution in [1.82, 2.24) is 24.7 Å². The van der Waals surface area contributed by atoms with Crippen molar-refractivity contribution in [2.45, 2.75) is 38.6 Å². The molecular weight excluding hydrogens is 368 g/mol. The number of fused-ring (bicyclic) bond motifs is 3. The monoisotopic (exact) mass is 390 g/mol. The summed E-state index contributed by atoms with van der Waals surface area (Å²) in [5.41, 5.74) is 3.72. The third-order valence-corrected chi connectivity index (χ3v) is 6.90. The van der Waals surface area contributed by atoms with Crippen LogP contribution < -0.4 is 4.90 Å². The molecule has 6 nitrogen and oxygen atoms in total. The van der Waals surface area contributed by atoms with Crippen molar-refractivity contribution in [2.24, 2.45) is 0 Å². The van der Waals surface area contributed by atoms with Crippen LogP contribution in [0.2, 0.25) is 0 Å². The van der Waals surface area contributed by atoms with E-state index in [1.807, 2.05) is 11.3 Å². The van der Waals surface area contributed by atoms with E-state index < -0.39 is 0 Å². The number of nitrogens with zero attached hydrogens (tertiary/aromatic N) is 6. The Morgan fingerprint density at radius 2 is 1.89 bits per heavy atom. The first-order chi connectivity index (χ1) is 13.7. The summed E-state index contributed by atoms with van der Waals surface area (Å²) >= 11 is 1.85. The average molecular weight is 391 g/mol. The van der Waals surface area contributed by atoms with Crippen LogP contribution in [0.3, 0.4) is 0 Å².